The SMILES string of the molecule is CCCCCCCCCCCCCCCC=O.[H-].[Na+]. The molecule has 2 heteroatoms. The third-order valence-corrected chi connectivity index (χ3v) is 3.43. The first-order valence-electron chi connectivity index (χ1n) is 7.85. The molecule has 0 spiro atoms. The van der Waals surface area contributed by atoms with Crippen LogP contribution in [0.1, 0.15) is 98.2 Å². The van der Waals surface area contributed by atoms with Gasteiger partial charge < -0.3 is 6.22 Å². The van der Waals surface area contributed by atoms with Crippen LogP contribution < -0.4 is 29.6 Å². The van der Waals surface area contributed by atoms with Crippen molar-refractivity contribution >= 4 is 6.29 Å². The number of rotatable bonds is 14. The van der Waals surface area contributed by atoms with Crippen LogP contribution in [-0.2, 0) is 4.79 Å². The number of aldehydes is 1. The van der Waals surface area contributed by atoms with Gasteiger partial charge in [-0.05, 0) is 6.42 Å². The molecule has 0 heterocycles. The van der Waals surface area contributed by atoms with Crippen molar-refractivity contribution in [2.75, 3.05) is 0 Å². The van der Waals surface area contributed by atoms with E-state index in [2.05, 4.69) is 6.92 Å². The Morgan fingerprint density at radius 2 is 1.00 bits per heavy atom. The van der Waals surface area contributed by atoms with E-state index in [1.165, 1.54) is 77.0 Å². The molecule has 0 saturated carbocycles. The topological polar surface area (TPSA) is 17.1 Å². The van der Waals surface area contributed by atoms with Crippen LogP contribution in [-0.4, -0.2) is 6.29 Å². The summed E-state index contributed by atoms with van der Waals surface area (Å²) in [4.78, 5) is 10.1. The van der Waals surface area contributed by atoms with Gasteiger partial charge >= 0.3 is 29.6 Å². The first kappa shape index (κ1) is 21.0. The first-order valence-corrected chi connectivity index (χ1v) is 7.85. The average molecular weight is 264 g/mol. The van der Waals surface area contributed by atoms with Crippen LogP contribution >= 0.6 is 0 Å². The van der Waals surface area contributed by atoms with Crippen molar-refractivity contribution in [1.82, 2.24) is 0 Å². The second-order valence-corrected chi connectivity index (χ2v) is 5.20. The van der Waals surface area contributed by atoms with E-state index in [0.29, 0.717) is 0 Å². The Bertz CT molecular complexity index is 154. The van der Waals surface area contributed by atoms with Crippen LogP contribution in [0.3, 0.4) is 0 Å². The third-order valence-electron chi connectivity index (χ3n) is 3.43. The smallest absolute Gasteiger partial charge is 1.00 e. The van der Waals surface area contributed by atoms with Crippen LogP contribution in [0, 0.1) is 0 Å². The van der Waals surface area contributed by atoms with Gasteiger partial charge in [-0.3, -0.25) is 0 Å². The van der Waals surface area contributed by atoms with E-state index < -0.39 is 0 Å². The summed E-state index contributed by atoms with van der Waals surface area (Å²) in [6.07, 6.45) is 19.6. The summed E-state index contributed by atoms with van der Waals surface area (Å²) in [5.41, 5.74) is 0. The van der Waals surface area contributed by atoms with Crippen LogP contribution in [0.5, 0.6) is 0 Å². The predicted molar refractivity (Wildman–Crippen MR) is 77.5 cm³/mol. The number of carbonyl (C=O) groups excluding carboxylic acids is 1. The van der Waals surface area contributed by atoms with Gasteiger partial charge in [0.15, 0.2) is 0 Å². The summed E-state index contributed by atoms with van der Waals surface area (Å²) in [6.45, 7) is 2.27. The van der Waals surface area contributed by atoms with Crippen molar-refractivity contribution in [3.8, 4) is 0 Å². The van der Waals surface area contributed by atoms with Gasteiger partial charge in [-0.25, -0.2) is 0 Å². The molecular weight excluding hydrogens is 231 g/mol. The van der Waals surface area contributed by atoms with Gasteiger partial charge in [0, 0.05) is 6.42 Å². The van der Waals surface area contributed by atoms with E-state index in [9.17, 15) is 4.79 Å². The molecule has 104 valence electrons. The molecule has 0 fully saturated rings. The number of hydrogen-bond acceptors (Lipinski definition) is 1. The van der Waals surface area contributed by atoms with Crippen molar-refractivity contribution < 1.29 is 35.8 Å². The van der Waals surface area contributed by atoms with Crippen molar-refractivity contribution in [3.63, 3.8) is 0 Å². The minimum Gasteiger partial charge on any atom is -1.00 e. The van der Waals surface area contributed by atoms with E-state index in [1.807, 2.05) is 0 Å². The molecule has 0 radical (unpaired) electrons. The molecule has 0 saturated heterocycles. The Labute approximate surface area is 138 Å². The van der Waals surface area contributed by atoms with E-state index in [-0.39, 0.29) is 31.0 Å². The molecule has 18 heavy (non-hydrogen) atoms. The molecule has 0 unspecified atom stereocenters. The minimum absolute atomic E-state index is 0. The standard InChI is InChI=1S/C16H32O.Na.H/c1-2-3-4-5-6-7-8-9-10-11-12-13-14-15-16-17;;/h16H,2-15H2,1H3;;/q;+1;-1. The Morgan fingerprint density at radius 1 is 0.667 bits per heavy atom. The monoisotopic (exact) mass is 264 g/mol. The number of hydrogen-bond donors (Lipinski definition) is 0. The third kappa shape index (κ3) is 19.0. The second kappa shape index (κ2) is 20.0. The van der Waals surface area contributed by atoms with Crippen molar-refractivity contribution in [2.45, 2.75) is 96.8 Å². The van der Waals surface area contributed by atoms with Gasteiger partial charge in [-0.2, -0.15) is 0 Å². The molecule has 0 aromatic rings. The maximum absolute atomic E-state index is 10.1. The molecule has 0 N–H and O–H groups in total. The predicted octanol–water partition coefficient (Wildman–Crippen LogP) is 2.78. The number of carbonyl (C=O) groups is 1. The van der Waals surface area contributed by atoms with Crippen LogP contribution in [0.2, 0.25) is 0 Å². The zero-order valence-electron chi connectivity index (χ0n) is 13.9. The van der Waals surface area contributed by atoms with E-state index in [4.69, 9.17) is 0 Å². The molecule has 0 aliphatic carbocycles. The molecule has 0 atom stereocenters. The summed E-state index contributed by atoms with van der Waals surface area (Å²) in [5.74, 6) is 0. The second-order valence-electron chi connectivity index (χ2n) is 5.20. The molecule has 0 aliphatic heterocycles. The Morgan fingerprint density at radius 3 is 1.33 bits per heavy atom. The van der Waals surface area contributed by atoms with Gasteiger partial charge in [0.05, 0.1) is 0 Å². The van der Waals surface area contributed by atoms with Gasteiger partial charge in [0.2, 0.25) is 0 Å². The quantitative estimate of drug-likeness (QED) is 0.268. The Balaban J connectivity index is -0.00000128. The van der Waals surface area contributed by atoms with Crippen LogP contribution in [0.15, 0.2) is 0 Å². The Hall–Kier alpha value is 0.670. The maximum Gasteiger partial charge on any atom is 1.00 e. The molecule has 1 nitrogen and oxygen atoms in total. The van der Waals surface area contributed by atoms with E-state index >= 15 is 0 Å². The van der Waals surface area contributed by atoms with Gasteiger partial charge in [0.1, 0.15) is 6.29 Å². The van der Waals surface area contributed by atoms with Crippen LogP contribution in [0.25, 0.3) is 0 Å². The molecule has 0 amide bonds. The summed E-state index contributed by atoms with van der Waals surface area (Å²) < 4.78 is 0. The van der Waals surface area contributed by atoms with Crippen molar-refractivity contribution in [1.29, 1.82) is 0 Å². The summed E-state index contributed by atoms with van der Waals surface area (Å²) in [7, 11) is 0. The Kier molecular flexibility index (Phi) is 23.3. The molecule has 0 bridgehead atoms. The van der Waals surface area contributed by atoms with Gasteiger partial charge in [0.25, 0.3) is 0 Å². The fourth-order valence-electron chi connectivity index (χ4n) is 2.25. The largest absolute Gasteiger partial charge is 1.00 e. The summed E-state index contributed by atoms with van der Waals surface area (Å²) in [5, 5.41) is 0. The molecular formula is C16H33NaO. The molecule has 0 aromatic heterocycles. The van der Waals surface area contributed by atoms with Gasteiger partial charge in [-0.1, -0.05) is 84.0 Å². The average Bonchev–Trinajstić information content (AvgIpc) is 2.35. The zero-order valence-corrected chi connectivity index (χ0v) is 14.9. The normalized spacial score (nSPS) is 10.1. The molecule has 0 aromatic carbocycles. The first-order chi connectivity index (χ1) is 8.41. The summed E-state index contributed by atoms with van der Waals surface area (Å²) >= 11 is 0. The van der Waals surface area contributed by atoms with Crippen molar-refractivity contribution in [2.24, 2.45) is 0 Å². The van der Waals surface area contributed by atoms with Gasteiger partial charge in [-0.15, -0.1) is 0 Å². The maximum atomic E-state index is 10.1. The fraction of sp³-hybridized carbons (Fsp3) is 0.938. The van der Waals surface area contributed by atoms with E-state index in [0.717, 1.165) is 19.1 Å². The zero-order chi connectivity index (χ0) is 12.6. The van der Waals surface area contributed by atoms with E-state index in [1.54, 1.807) is 0 Å². The minimum atomic E-state index is 0. The molecule has 0 rings (SSSR count). The van der Waals surface area contributed by atoms with Crippen molar-refractivity contribution in [3.05, 3.63) is 0 Å². The number of unbranched alkanes of at least 4 members (excludes halogenated alkanes) is 13. The molecule has 0 aliphatic rings. The summed E-state index contributed by atoms with van der Waals surface area (Å²) in [6, 6.07) is 0. The van der Waals surface area contributed by atoms with Crippen LogP contribution in [0.4, 0.5) is 0 Å². The fourth-order valence-corrected chi connectivity index (χ4v) is 2.25.